The summed E-state index contributed by atoms with van der Waals surface area (Å²) in [5, 5.41) is 4.27. The molecule has 1 unspecified atom stereocenters. The second kappa shape index (κ2) is 8.52. The molecule has 2 aromatic rings. The van der Waals surface area contributed by atoms with Gasteiger partial charge in [0, 0.05) is 37.1 Å². The van der Waals surface area contributed by atoms with Crippen LogP contribution in [-0.2, 0) is 6.54 Å². The highest BCUT2D eigenvalue weighted by Crippen LogP contribution is 2.27. The standard InChI is InChI=1S/C22H31FN4O/c1-3-24-22(27-11-8-17(15-27)14-26-9-4-5-10-26)25-13-21-16(2)19-12-18(23)6-7-20(19)28-21/h6-7,12,17H,3-5,8-11,13-15H2,1-2H3,(H,24,25). The molecule has 152 valence electrons. The molecule has 2 saturated heterocycles. The van der Waals surface area contributed by atoms with Crippen LogP contribution >= 0.6 is 0 Å². The number of guanidine groups is 1. The molecule has 3 heterocycles. The lowest BCUT2D eigenvalue weighted by atomic mass is 10.1. The first-order chi connectivity index (χ1) is 13.6. The minimum Gasteiger partial charge on any atom is -0.459 e. The topological polar surface area (TPSA) is 44.0 Å². The van der Waals surface area contributed by atoms with E-state index in [1.54, 1.807) is 6.07 Å². The third-order valence-electron chi connectivity index (χ3n) is 6.00. The minimum absolute atomic E-state index is 0.235. The van der Waals surface area contributed by atoms with Crippen LogP contribution in [0.15, 0.2) is 27.6 Å². The fourth-order valence-corrected chi connectivity index (χ4v) is 4.47. The molecule has 0 amide bonds. The van der Waals surface area contributed by atoms with Crippen molar-refractivity contribution in [2.24, 2.45) is 10.9 Å². The van der Waals surface area contributed by atoms with E-state index in [0.717, 1.165) is 53.8 Å². The van der Waals surface area contributed by atoms with Crippen molar-refractivity contribution < 1.29 is 8.81 Å². The van der Waals surface area contributed by atoms with E-state index in [-0.39, 0.29) is 5.82 Å². The predicted molar refractivity (Wildman–Crippen MR) is 111 cm³/mol. The molecule has 1 aromatic carbocycles. The highest BCUT2D eigenvalue weighted by Gasteiger charge is 2.27. The smallest absolute Gasteiger partial charge is 0.194 e. The molecule has 28 heavy (non-hydrogen) atoms. The number of hydrogen-bond acceptors (Lipinski definition) is 3. The molecule has 1 N–H and O–H groups in total. The van der Waals surface area contributed by atoms with E-state index in [1.165, 1.54) is 51.0 Å². The van der Waals surface area contributed by atoms with Crippen molar-refractivity contribution in [1.29, 1.82) is 0 Å². The first-order valence-electron chi connectivity index (χ1n) is 10.6. The lowest BCUT2D eigenvalue weighted by molar-refractivity contribution is 0.281. The van der Waals surface area contributed by atoms with Crippen molar-refractivity contribution in [3.05, 3.63) is 35.3 Å². The van der Waals surface area contributed by atoms with Gasteiger partial charge < -0.3 is 19.5 Å². The summed E-state index contributed by atoms with van der Waals surface area (Å²) < 4.78 is 19.5. The molecule has 6 heteroatoms. The van der Waals surface area contributed by atoms with Crippen LogP contribution in [0.25, 0.3) is 11.0 Å². The van der Waals surface area contributed by atoms with Gasteiger partial charge in [0.1, 0.15) is 23.7 Å². The molecule has 2 aliphatic rings. The van der Waals surface area contributed by atoms with Crippen LogP contribution in [0.2, 0.25) is 0 Å². The summed E-state index contributed by atoms with van der Waals surface area (Å²) in [6, 6.07) is 4.67. The highest BCUT2D eigenvalue weighted by molar-refractivity contribution is 5.83. The van der Waals surface area contributed by atoms with Gasteiger partial charge in [0.05, 0.1) is 0 Å². The molecule has 1 atom stereocenters. The van der Waals surface area contributed by atoms with Crippen LogP contribution in [-0.4, -0.2) is 55.0 Å². The van der Waals surface area contributed by atoms with E-state index < -0.39 is 0 Å². The first-order valence-corrected chi connectivity index (χ1v) is 10.6. The number of rotatable bonds is 5. The predicted octanol–water partition coefficient (Wildman–Crippen LogP) is 3.76. The van der Waals surface area contributed by atoms with Crippen LogP contribution in [0, 0.1) is 18.7 Å². The maximum absolute atomic E-state index is 13.5. The number of furan rings is 1. The van der Waals surface area contributed by atoms with Gasteiger partial charge in [0.25, 0.3) is 0 Å². The summed E-state index contributed by atoms with van der Waals surface area (Å²) in [7, 11) is 0. The van der Waals surface area contributed by atoms with Gasteiger partial charge >= 0.3 is 0 Å². The molecule has 5 nitrogen and oxygen atoms in total. The Balaban J connectivity index is 1.44. The zero-order chi connectivity index (χ0) is 19.5. The maximum atomic E-state index is 13.5. The lowest BCUT2D eigenvalue weighted by Gasteiger charge is -2.23. The van der Waals surface area contributed by atoms with Crippen LogP contribution < -0.4 is 5.32 Å². The number of nitrogens with one attached hydrogen (secondary N) is 1. The number of aliphatic imine (C=N–C) groups is 1. The number of nitrogens with zero attached hydrogens (tertiary/aromatic N) is 3. The normalized spacial score (nSPS) is 21.2. The summed E-state index contributed by atoms with van der Waals surface area (Å²) >= 11 is 0. The van der Waals surface area contributed by atoms with Crippen molar-refractivity contribution in [1.82, 2.24) is 15.1 Å². The Kier molecular flexibility index (Phi) is 5.85. The van der Waals surface area contributed by atoms with Crippen LogP contribution in [0.4, 0.5) is 4.39 Å². The van der Waals surface area contributed by atoms with Crippen LogP contribution in [0.1, 0.15) is 37.5 Å². The van der Waals surface area contributed by atoms with Gasteiger partial charge in [-0.3, -0.25) is 0 Å². The quantitative estimate of drug-likeness (QED) is 0.628. The van der Waals surface area contributed by atoms with E-state index in [2.05, 4.69) is 22.0 Å². The number of fused-ring (bicyclic) bond motifs is 1. The number of halogens is 1. The van der Waals surface area contributed by atoms with E-state index in [4.69, 9.17) is 9.41 Å². The fourth-order valence-electron chi connectivity index (χ4n) is 4.47. The van der Waals surface area contributed by atoms with E-state index in [0.29, 0.717) is 6.54 Å². The summed E-state index contributed by atoms with van der Waals surface area (Å²) in [6.07, 6.45) is 3.92. The summed E-state index contributed by atoms with van der Waals surface area (Å²) in [5.41, 5.74) is 1.70. The molecule has 1 aromatic heterocycles. The first kappa shape index (κ1) is 19.2. The SMILES string of the molecule is CCNC(=NCc1oc2ccc(F)cc2c1C)N1CCC(CN2CCCC2)C1. The van der Waals surface area contributed by atoms with Gasteiger partial charge in [-0.15, -0.1) is 0 Å². The average molecular weight is 387 g/mol. The van der Waals surface area contributed by atoms with Gasteiger partial charge in [0.2, 0.25) is 0 Å². The Morgan fingerprint density at radius 3 is 2.89 bits per heavy atom. The van der Waals surface area contributed by atoms with E-state index in [9.17, 15) is 4.39 Å². The Morgan fingerprint density at radius 2 is 2.11 bits per heavy atom. The lowest BCUT2D eigenvalue weighted by Crippen LogP contribution is -2.40. The molecule has 0 radical (unpaired) electrons. The molecule has 0 aliphatic carbocycles. The fraction of sp³-hybridized carbons (Fsp3) is 0.591. The van der Waals surface area contributed by atoms with Crippen molar-refractivity contribution in [2.45, 2.75) is 39.7 Å². The van der Waals surface area contributed by atoms with Gasteiger partial charge in [-0.1, -0.05) is 0 Å². The molecule has 4 rings (SSSR count). The largest absolute Gasteiger partial charge is 0.459 e. The summed E-state index contributed by atoms with van der Waals surface area (Å²) in [6.45, 7) is 11.2. The van der Waals surface area contributed by atoms with Gasteiger partial charge in [-0.25, -0.2) is 9.38 Å². The summed E-state index contributed by atoms with van der Waals surface area (Å²) in [4.78, 5) is 9.82. The molecule has 0 bridgehead atoms. The molecule has 0 spiro atoms. The highest BCUT2D eigenvalue weighted by atomic mass is 19.1. The number of hydrogen-bond donors (Lipinski definition) is 1. The van der Waals surface area contributed by atoms with Crippen molar-refractivity contribution in [3.8, 4) is 0 Å². The second-order valence-corrected chi connectivity index (χ2v) is 8.07. The Bertz CT molecular complexity index is 840. The molecular formula is C22H31FN4O. The summed E-state index contributed by atoms with van der Waals surface area (Å²) in [5.74, 6) is 2.25. The second-order valence-electron chi connectivity index (χ2n) is 8.07. The third kappa shape index (κ3) is 4.17. The van der Waals surface area contributed by atoms with Gasteiger partial charge in [-0.2, -0.15) is 0 Å². The third-order valence-corrected chi connectivity index (χ3v) is 6.00. The van der Waals surface area contributed by atoms with Crippen molar-refractivity contribution >= 4 is 16.9 Å². The molecule has 0 saturated carbocycles. The minimum atomic E-state index is -0.235. The van der Waals surface area contributed by atoms with Crippen LogP contribution in [0.5, 0.6) is 0 Å². The van der Waals surface area contributed by atoms with Crippen molar-refractivity contribution in [2.75, 3.05) is 39.3 Å². The number of likely N-dealkylation sites (tertiary alicyclic amines) is 2. The van der Waals surface area contributed by atoms with Gasteiger partial charge in [0.15, 0.2) is 5.96 Å². The number of benzene rings is 1. The monoisotopic (exact) mass is 386 g/mol. The molecule has 2 aliphatic heterocycles. The van der Waals surface area contributed by atoms with E-state index in [1.807, 2.05) is 6.92 Å². The average Bonchev–Trinajstić information content (AvgIpc) is 3.42. The van der Waals surface area contributed by atoms with E-state index >= 15 is 0 Å². The van der Waals surface area contributed by atoms with Crippen LogP contribution in [0.3, 0.4) is 0 Å². The zero-order valence-electron chi connectivity index (χ0n) is 17.0. The Morgan fingerprint density at radius 1 is 1.29 bits per heavy atom. The van der Waals surface area contributed by atoms with Crippen molar-refractivity contribution in [3.63, 3.8) is 0 Å². The Hall–Kier alpha value is -2.08. The number of aryl methyl sites for hydroxylation is 1. The zero-order valence-corrected chi connectivity index (χ0v) is 17.0. The Labute approximate surface area is 166 Å². The maximum Gasteiger partial charge on any atom is 0.194 e. The van der Waals surface area contributed by atoms with Gasteiger partial charge in [-0.05, 0) is 70.3 Å². The molecular weight excluding hydrogens is 355 g/mol. The molecule has 2 fully saturated rings.